The number of hydrogen-bond donors (Lipinski definition) is 2. The minimum absolute atomic E-state index is 0.0184. The van der Waals surface area contributed by atoms with E-state index in [9.17, 15) is 27.9 Å². The molecular formula is C18H24F3N3O4. The third-order valence-corrected chi connectivity index (χ3v) is 4.83. The van der Waals surface area contributed by atoms with Gasteiger partial charge in [-0.15, -0.1) is 13.2 Å². The minimum atomic E-state index is -4.73. The van der Waals surface area contributed by atoms with Crippen LogP contribution in [0.15, 0.2) is 24.3 Å². The number of alkyl halides is 3. The van der Waals surface area contributed by atoms with Crippen LogP contribution in [0.5, 0.6) is 5.75 Å². The summed E-state index contributed by atoms with van der Waals surface area (Å²) in [6.07, 6.45) is -3.68. The fourth-order valence-electron chi connectivity index (χ4n) is 3.61. The van der Waals surface area contributed by atoms with Crippen LogP contribution in [0.4, 0.5) is 18.0 Å². The number of nitrogens with one attached hydrogen (secondary N) is 1. The number of hydrogen-bond acceptors (Lipinski definition) is 5. The molecule has 0 radical (unpaired) electrons. The Hall–Kier alpha value is -2.33. The van der Waals surface area contributed by atoms with Crippen molar-refractivity contribution in [2.75, 3.05) is 20.1 Å². The summed E-state index contributed by atoms with van der Waals surface area (Å²) < 4.78 is 41.0. The second-order valence-electron chi connectivity index (χ2n) is 6.65. The lowest BCUT2D eigenvalue weighted by Crippen LogP contribution is -2.52. The van der Waals surface area contributed by atoms with Crippen LogP contribution in [0.2, 0.25) is 0 Å². The van der Waals surface area contributed by atoms with E-state index in [-0.39, 0.29) is 18.1 Å². The maximum absolute atomic E-state index is 12.4. The van der Waals surface area contributed by atoms with Gasteiger partial charge in [-0.2, -0.15) is 0 Å². The lowest BCUT2D eigenvalue weighted by atomic mass is 9.87. The summed E-state index contributed by atoms with van der Waals surface area (Å²) in [5.74, 6) is -0.234. The zero-order valence-corrected chi connectivity index (χ0v) is 15.5. The Morgan fingerprint density at radius 1 is 1.43 bits per heavy atom. The molecule has 1 atom stereocenters. The predicted molar refractivity (Wildman–Crippen MR) is 94.5 cm³/mol. The fourth-order valence-corrected chi connectivity index (χ4v) is 3.61. The number of halogens is 3. The number of piperidine rings is 1. The quantitative estimate of drug-likeness (QED) is 0.513. The first-order valence-electron chi connectivity index (χ1n) is 8.93. The number of carbonyl (C=O) groups excluding carboxylic acids is 1. The van der Waals surface area contributed by atoms with Crippen molar-refractivity contribution >= 4 is 12.4 Å². The van der Waals surface area contributed by atoms with Gasteiger partial charge in [0.25, 0.3) is 0 Å². The highest BCUT2D eigenvalue weighted by Crippen LogP contribution is 2.27. The molecule has 2 rings (SSSR count). The van der Waals surface area contributed by atoms with Crippen molar-refractivity contribution in [1.82, 2.24) is 15.3 Å². The summed E-state index contributed by atoms with van der Waals surface area (Å²) in [6, 6.07) is 5.41. The van der Waals surface area contributed by atoms with Crippen LogP contribution < -0.4 is 10.2 Å². The molecular weight excluding hydrogens is 379 g/mol. The largest absolute Gasteiger partial charge is 0.573 e. The van der Waals surface area contributed by atoms with Crippen molar-refractivity contribution in [2.45, 2.75) is 38.2 Å². The van der Waals surface area contributed by atoms with Gasteiger partial charge < -0.3 is 14.6 Å². The molecule has 7 nitrogen and oxygen atoms in total. The Balaban J connectivity index is 1.95. The van der Waals surface area contributed by atoms with Gasteiger partial charge in [0.15, 0.2) is 0 Å². The molecule has 2 N–H and O–H groups in total. The van der Waals surface area contributed by atoms with Crippen molar-refractivity contribution in [1.29, 1.82) is 0 Å². The van der Waals surface area contributed by atoms with E-state index in [4.69, 9.17) is 0 Å². The molecule has 1 fully saturated rings. The highest BCUT2D eigenvalue weighted by molar-refractivity contribution is 5.65. The second-order valence-corrected chi connectivity index (χ2v) is 6.65. The third kappa shape index (κ3) is 6.38. The van der Waals surface area contributed by atoms with E-state index in [0.717, 1.165) is 11.3 Å². The average molecular weight is 403 g/mol. The molecule has 1 aliphatic rings. The molecule has 1 aromatic rings. The molecule has 1 amide bonds. The molecule has 0 spiro atoms. The molecule has 0 aromatic heterocycles. The van der Waals surface area contributed by atoms with Gasteiger partial charge in [0, 0.05) is 20.0 Å². The van der Waals surface area contributed by atoms with E-state index in [1.54, 1.807) is 6.07 Å². The number of rotatable bonds is 8. The number of nitrogens with zero attached hydrogens (tertiary/aromatic N) is 2. The Morgan fingerprint density at radius 3 is 2.64 bits per heavy atom. The summed E-state index contributed by atoms with van der Waals surface area (Å²) in [6.45, 7) is 1.78. The number of amides is 1. The maximum Gasteiger partial charge on any atom is 0.573 e. The number of carbonyl (C=O) groups is 2. The molecule has 0 saturated carbocycles. The minimum Gasteiger partial charge on any atom is -0.464 e. The Kier molecular flexibility index (Phi) is 7.64. The summed E-state index contributed by atoms with van der Waals surface area (Å²) in [5, 5.41) is 10.4. The van der Waals surface area contributed by atoms with Crippen LogP contribution in [0.3, 0.4) is 0 Å². The molecule has 1 saturated heterocycles. The predicted octanol–water partition coefficient (Wildman–Crippen LogP) is 2.87. The monoisotopic (exact) mass is 403 g/mol. The van der Waals surface area contributed by atoms with Gasteiger partial charge in [-0.05, 0) is 49.5 Å². The zero-order valence-electron chi connectivity index (χ0n) is 15.5. The van der Waals surface area contributed by atoms with E-state index in [0.29, 0.717) is 38.0 Å². The highest BCUT2D eigenvalue weighted by Gasteiger charge is 2.33. The van der Waals surface area contributed by atoms with Crippen LogP contribution in [-0.2, 0) is 11.3 Å². The molecule has 1 aliphatic heterocycles. The van der Waals surface area contributed by atoms with Gasteiger partial charge in [0.1, 0.15) is 12.0 Å². The van der Waals surface area contributed by atoms with E-state index in [2.05, 4.69) is 15.1 Å². The SMILES string of the molecule is CNN(C(=O)O)C(CC=O)C1CCN(Cc2cccc(OC(F)(F)F)c2)CC1. The number of ether oxygens (including phenoxy) is 1. The van der Waals surface area contributed by atoms with Crippen LogP contribution in [-0.4, -0.2) is 59.9 Å². The average Bonchev–Trinajstić information content (AvgIpc) is 2.61. The molecule has 0 aliphatic carbocycles. The van der Waals surface area contributed by atoms with E-state index in [1.807, 2.05) is 0 Å². The number of carboxylic acid groups (broad SMARTS) is 1. The number of hydrazine groups is 1. The van der Waals surface area contributed by atoms with Crippen LogP contribution in [0.1, 0.15) is 24.8 Å². The first-order chi connectivity index (χ1) is 13.2. The van der Waals surface area contributed by atoms with Gasteiger partial charge in [0.05, 0.1) is 6.04 Å². The molecule has 1 unspecified atom stereocenters. The molecule has 10 heteroatoms. The van der Waals surface area contributed by atoms with Crippen LogP contribution in [0, 0.1) is 5.92 Å². The normalized spacial score (nSPS) is 17.1. The van der Waals surface area contributed by atoms with Crippen LogP contribution >= 0.6 is 0 Å². The van der Waals surface area contributed by atoms with Crippen molar-refractivity contribution in [3.63, 3.8) is 0 Å². The third-order valence-electron chi connectivity index (χ3n) is 4.83. The van der Waals surface area contributed by atoms with E-state index >= 15 is 0 Å². The van der Waals surface area contributed by atoms with Crippen molar-refractivity contribution in [3.05, 3.63) is 29.8 Å². The van der Waals surface area contributed by atoms with Gasteiger partial charge in [-0.25, -0.2) is 15.2 Å². The second kappa shape index (κ2) is 9.74. The molecule has 156 valence electrons. The maximum atomic E-state index is 12.4. The Labute approximate surface area is 161 Å². The van der Waals surface area contributed by atoms with Gasteiger partial charge in [0.2, 0.25) is 0 Å². The highest BCUT2D eigenvalue weighted by atomic mass is 19.4. The summed E-state index contributed by atoms with van der Waals surface area (Å²) in [4.78, 5) is 24.4. The van der Waals surface area contributed by atoms with E-state index in [1.165, 1.54) is 25.2 Å². The number of benzene rings is 1. The lowest BCUT2D eigenvalue weighted by Gasteiger charge is -2.39. The number of likely N-dealkylation sites (tertiary alicyclic amines) is 1. The topological polar surface area (TPSA) is 82.1 Å². The van der Waals surface area contributed by atoms with Gasteiger partial charge in [-0.1, -0.05) is 12.1 Å². The lowest BCUT2D eigenvalue weighted by molar-refractivity contribution is -0.274. The van der Waals surface area contributed by atoms with Crippen molar-refractivity contribution < 1.29 is 32.6 Å². The summed E-state index contributed by atoms with van der Waals surface area (Å²) in [5.41, 5.74) is 3.32. The first-order valence-corrected chi connectivity index (χ1v) is 8.93. The molecule has 1 heterocycles. The summed E-state index contributed by atoms with van der Waals surface area (Å²) in [7, 11) is 1.50. The Morgan fingerprint density at radius 2 is 2.11 bits per heavy atom. The molecule has 0 bridgehead atoms. The zero-order chi connectivity index (χ0) is 20.7. The van der Waals surface area contributed by atoms with Gasteiger partial charge in [-0.3, -0.25) is 4.90 Å². The number of aldehydes is 1. The smallest absolute Gasteiger partial charge is 0.464 e. The standard InChI is InChI=1S/C18H24F3N3O4/c1-22-24(17(26)27)16(7-10-25)14-5-8-23(9-6-14)12-13-3-2-4-15(11-13)28-18(19,20)21/h2-4,10-11,14,16,22H,5-9,12H2,1H3,(H,26,27). The molecule has 1 aromatic carbocycles. The Bertz CT molecular complexity index is 664. The summed E-state index contributed by atoms with van der Waals surface area (Å²) >= 11 is 0. The first kappa shape index (κ1) is 22.0. The van der Waals surface area contributed by atoms with Crippen LogP contribution in [0.25, 0.3) is 0 Å². The fraction of sp³-hybridized carbons (Fsp3) is 0.556. The van der Waals surface area contributed by atoms with E-state index < -0.39 is 18.5 Å². The van der Waals surface area contributed by atoms with Crippen molar-refractivity contribution in [3.8, 4) is 5.75 Å². The van der Waals surface area contributed by atoms with Crippen molar-refractivity contribution in [2.24, 2.45) is 5.92 Å². The van der Waals surface area contributed by atoms with Gasteiger partial charge >= 0.3 is 12.5 Å². The molecule has 28 heavy (non-hydrogen) atoms.